The van der Waals surface area contributed by atoms with E-state index in [1.165, 1.54) is 30.8 Å². The molecule has 2 aromatic rings. The van der Waals surface area contributed by atoms with Gasteiger partial charge in [0.2, 0.25) is 0 Å². The number of methoxy groups -OCH3 is 2. The number of rotatable bonds is 14. The Kier molecular flexibility index (Phi) is 16.4. The van der Waals surface area contributed by atoms with E-state index < -0.39 is 106 Å². The Balaban J connectivity index is 1.22. The van der Waals surface area contributed by atoms with E-state index in [9.17, 15) is 32.3 Å². The van der Waals surface area contributed by atoms with Gasteiger partial charge in [-0.1, -0.05) is 45.0 Å². The number of Topliss-reactive ketones (excluding diaryl/α,β-unsaturated/α-hetero) is 1. The van der Waals surface area contributed by atoms with Crippen LogP contribution in [0.3, 0.4) is 0 Å². The molecule has 1 amide bonds. The van der Waals surface area contributed by atoms with E-state index in [1.807, 2.05) is 46.6 Å². The van der Waals surface area contributed by atoms with Crippen molar-refractivity contribution in [1.29, 1.82) is 0 Å². The van der Waals surface area contributed by atoms with E-state index >= 15 is 0 Å². The second-order valence-electron chi connectivity index (χ2n) is 19.5. The van der Waals surface area contributed by atoms with Crippen LogP contribution in [-0.4, -0.2) is 170 Å². The van der Waals surface area contributed by atoms with E-state index in [-0.39, 0.29) is 22.8 Å². The number of hydrogen-bond acceptors (Lipinski definition) is 16. The van der Waals surface area contributed by atoms with Crippen LogP contribution in [0.25, 0.3) is 0 Å². The largest absolute Gasteiger partial charge is 0.458 e. The number of aliphatic hydroxyl groups excluding tert-OH is 1. The molecular weight excluding hydrogens is 892 g/mol. The number of halogens is 1. The number of aliphatic imine (C=N–C) groups is 1. The average Bonchev–Trinajstić information content (AvgIpc) is 3.80. The Hall–Kier alpha value is -3.92. The lowest BCUT2D eigenvalue weighted by atomic mass is 9.73. The first-order valence-electron chi connectivity index (χ1n) is 23.3. The van der Waals surface area contributed by atoms with Gasteiger partial charge in [-0.15, -0.1) is 5.10 Å². The number of ether oxygens (including phenoxy) is 6. The highest BCUT2D eigenvalue weighted by Gasteiger charge is 2.60. The zero-order valence-electron chi connectivity index (χ0n) is 41.0. The Morgan fingerprint density at radius 2 is 1.75 bits per heavy atom. The third-order valence-corrected chi connectivity index (χ3v) is 15.9. The van der Waals surface area contributed by atoms with Crippen LogP contribution in [0.2, 0.25) is 0 Å². The molecule has 374 valence electrons. The number of amides is 1. The number of likely N-dealkylation sites (N-methyl/N-ethyl adjacent to an activating group) is 1. The highest BCUT2D eigenvalue weighted by molar-refractivity contribution is 7.90. The fraction of sp³-hybridized carbons (Fsp3) is 0.745. The zero-order chi connectivity index (χ0) is 49.3. The van der Waals surface area contributed by atoms with E-state index in [4.69, 9.17) is 33.4 Å². The number of aliphatic hydroxyl groups is 1. The topological polar surface area (TPSA) is 211 Å². The quantitative estimate of drug-likeness (QED) is 0.203. The molecule has 2 bridgehead atoms. The van der Waals surface area contributed by atoms with Crippen LogP contribution in [0.5, 0.6) is 0 Å². The number of alkyl halides is 1. The maximum Gasteiger partial charge on any atom is 0.410 e. The summed E-state index contributed by atoms with van der Waals surface area (Å²) in [6.07, 6.45) is -1.66. The fourth-order valence-electron chi connectivity index (χ4n) is 11.0. The van der Waals surface area contributed by atoms with Crippen molar-refractivity contribution in [1.82, 2.24) is 24.8 Å². The molecular formula is C47H71FN6O12S. The first-order valence-corrected chi connectivity index (χ1v) is 25.2. The van der Waals surface area contributed by atoms with Crippen LogP contribution in [0.4, 0.5) is 9.18 Å². The molecule has 1 aromatic carbocycles. The van der Waals surface area contributed by atoms with Crippen LogP contribution < -0.4 is 0 Å². The number of carbonyl (C=O) groups excluding carboxylic acids is 3. The first kappa shape index (κ1) is 52.5. The number of ketones is 1. The molecule has 3 saturated heterocycles. The summed E-state index contributed by atoms with van der Waals surface area (Å²) in [5, 5.41) is 20.6. The van der Waals surface area contributed by atoms with Crippen LogP contribution in [0.1, 0.15) is 98.1 Å². The predicted octanol–water partition coefficient (Wildman–Crippen LogP) is 4.58. The van der Waals surface area contributed by atoms with Gasteiger partial charge in [0.25, 0.3) is 0 Å². The highest BCUT2D eigenvalue weighted by Crippen LogP contribution is 2.44. The van der Waals surface area contributed by atoms with E-state index in [0.29, 0.717) is 56.6 Å². The second kappa shape index (κ2) is 21.0. The SMILES string of the molecule is CC[C@H]1OC(=O)[C@H](C)C(=O)[C@H](C)[C@@H](O[C@@H]2O[C@H](C)C[C@H](N(C)CCc3cn([C@H](CF)[C@H](OC)c4ccc(S(C)(=O)=O)cc4)nn3)[C@H]2O)[C@](C)(OC)C[C@@H](C)C2=NCCN3C(=O)O[C@@]1(C)[C@H]3[C@H]2C. The number of sulfone groups is 1. The van der Waals surface area contributed by atoms with E-state index in [2.05, 4.69) is 10.3 Å². The van der Waals surface area contributed by atoms with Crippen molar-refractivity contribution in [3.05, 3.63) is 41.7 Å². The molecule has 18 nitrogen and oxygen atoms in total. The number of hydrogen-bond donors (Lipinski definition) is 1. The van der Waals surface area contributed by atoms with Crippen LogP contribution >= 0.6 is 0 Å². The van der Waals surface area contributed by atoms with Crippen LogP contribution in [-0.2, 0) is 54.3 Å². The Labute approximate surface area is 394 Å². The number of cyclic esters (lactones) is 1. The summed E-state index contributed by atoms with van der Waals surface area (Å²) in [6, 6.07) is 4.25. The summed E-state index contributed by atoms with van der Waals surface area (Å²) >= 11 is 0. The normalized spacial score (nSPS) is 35.3. The van der Waals surface area contributed by atoms with E-state index in [1.54, 1.807) is 44.2 Å². The van der Waals surface area contributed by atoms with Crippen molar-refractivity contribution in [3.8, 4) is 0 Å². The Morgan fingerprint density at radius 1 is 1.06 bits per heavy atom. The summed E-state index contributed by atoms with van der Waals surface area (Å²) < 4.78 is 77.5. The van der Waals surface area contributed by atoms with Gasteiger partial charge in [-0.25, -0.2) is 22.3 Å². The van der Waals surface area contributed by atoms with Crippen molar-refractivity contribution < 1.29 is 60.7 Å². The summed E-state index contributed by atoms with van der Waals surface area (Å²) in [4.78, 5) is 50.7. The number of nitrogens with zero attached hydrogens (tertiary/aromatic N) is 6. The molecule has 0 unspecified atom stereocenters. The standard InChI is InChI=1S/C47H71FN6O12S/c1-13-36-47(8)41-28(4)37(49-19-21-53(41)45(58)66-47)26(2)23-46(7,62-11)42(29(5)38(55)30(6)43(57)64-36)65-44-39(56)34(22-27(3)63-44)52(9)20-18-32-25-54(51-50-32)35(24-48)40(61-10)31-14-16-33(17-15-31)67(12,59)60/h14-17,25-30,34-36,39-42,44,56H,13,18-24H2,1-12H3/t26-,27-,28+,29+,30-,34+,35-,36-,39-,40-,41-,42-,44+,46-,47-/m1/s1. The average molecular weight is 963 g/mol. The molecule has 0 radical (unpaired) electrons. The van der Waals surface area contributed by atoms with Crippen LogP contribution in [0, 0.1) is 23.7 Å². The maximum absolute atomic E-state index is 14.7. The van der Waals surface area contributed by atoms with Gasteiger partial charge in [-0.2, -0.15) is 0 Å². The van der Waals surface area contributed by atoms with Gasteiger partial charge in [0.1, 0.15) is 36.9 Å². The molecule has 4 aliphatic heterocycles. The minimum atomic E-state index is -3.42. The molecule has 0 spiro atoms. The van der Waals surface area contributed by atoms with Gasteiger partial charge < -0.3 is 38.4 Å². The molecule has 1 aromatic heterocycles. The highest BCUT2D eigenvalue weighted by atomic mass is 32.2. The number of esters is 1. The number of fused-ring (bicyclic) bond motifs is 1. The molecule has 6 rings (SSSR count). The summed E-state index contributed by atoms with van der Waals surface area (Å²) in [7, 11) is 1.44. The van der Waals surface area contributed by atoms with Gasteiger partial charge in [-0.05, 0) is 77.6 Å². The minimum absolute atomic E-state index is 0.138. The van der Waals surface area contributed by atoms with Gasteiger partial charge in [-0.3, -0.25) is 19.5 Å². The Morgan fingerprint density at radius 3 is 2.36 bits per heavy atom. The van der Waals surface area contributed by atoms with Crippen molar-refractivity contribution >= 4 is 33.4 Å². The first-order chi connectivity index (χ1) is 31.5. The number of carbonyl (C=O) groups is 3. The van der Waals surface area contributed by atoms with E-state index in [0.717, 1.165) is 12.0 Å². The van der Waals surface area contributed by atoms with Crippen molar-refractivity contribution in [2.24, 2.45) is 28.7 Å². The third-order valence-electron chi connectivity index (χ3n) is 14.8. The number of aromatic nitrogens is 3. The molecule has 1 N–H and O–H groups in total. The molecule has 15 atom stereocenters. The van der Waals surface area contributed by atoms with Gasteiger partial charge in [0.15, 0.2) is 27.5 Å². The predicted molar refractivity (Wildman–Crippen MR) is 244 cm³/mol. The monoisotopic (exact) mass is 962 g/mol. The van der Waals surface area contributed by atoms with Crippen LogP contribution in [0.15, 0.2) is 40.4 Å². The minimum Gasteiger partial charge on any atom is -0.458 e. The lowest BCUT2D eigenvalue weighted by molar-refractivity contribution is -0.295. The number of benzene rings is 1. The lowest BCUT2D eigenvalue weighted by Gasteiger charge is -2.47. The lowest BCUT2D eigenvalue weighted by Crippen LogP contribution is -2.60. The smallest absolute Gasteiger partial charge is 0.410 e. The zero-order valence-corrected chi connectivity index (χ0v) is 41.8. The molecule has 4 aliphatic rings. The summed E-state index contributed by atoms with van der Waals surface area (Å²) in [6.45, 7) is 14.9. The summed E-state index contributed by atoms with van der Waals surface area (Å²) in [5.74, 6) is -3.91. The van der Waals surface area contributed by atoms with Gasteiger partial charge in [0, 0.05) is 69.8 Å². The van der Waals surface area contributed by atoms with Crippen molar-refractivity contribution in [3.63, 3.8) is 0 Å². The van der Waals surface area contributed by atoms with Gasteiger partial charge >= 0.3 is 12.1 Å². The molecule has 3 fully saturated rings. The molecule has 20 heteroatoms. The second-order valence-corrected chi connectivity index (χ2v) is 21.5. The Bertz CT molecular complexity index is 2210. The van der Waals surface area contributed by atoms with Crippen molar-refractivity contribution in [2.75, 3.05) is 53.8 Å². The van der Waals surface area contributed by atoms with Crippen molar-refractivity contribution in [2.45, 2.75) is 152 Å². The molecule has 67 heavy (non-hydrogen) atoms. The third kappa shape index (κ3) is 10.6. The molecule has 0 aliphatic carbocycles. The fourth-order valence-corrected chi connectivity index (χ4v) is 11.6. The molecule has 0 saturated carbocycles. The summed E-state index contributed by atoms with van der Waals surface area (Å²) in [5.41, 5.74) is -0.411. The maximum atomic E-state index is 14.7. The molecule has 5 heterocycles. The van der Waals surface area contributed by atoms with Gasteiger partial charge in [0.05, 0.1) is 41.0 Å².